The van der Waals surface area contributed by atoms with Gasteiger partial charge in [-0.1, -0.05) is 25.1 Å². The first-order valence-corrected chi connectivity index (χ1v) is 7.96. The maximum atomic E-state index is 12.1. The number of carbonyl (C=O) groups is 1. The molecule has 0 radical (unpaired) electrons. The van der Waals surface area contributed by atoms with E-state index in [1.807, 2.05) is 30.3 Å². The Bertz CT molecular complexity index is 416. The van der Waals surface area contributed by atoms with Crippen LogP contribution in [0.2, 0.25) is 0 Å². The summed E-state index contributed by atoms with van der Waals surface area (Å²) >= 11 is 0. The highest BCUT2D eigenvalue weighted by molar-refractivity contribution is 5.76. The summed E-state index contributed by atoms with van der Waals surface area (Å²) < 4.78 is 5.73. The van der Waals surface area contributed by atoms with E-state index in [1.54, 1.807) is 0 Å². The maximum Gasteiger partial charge on any atom is 0.220 e. The minimum Gasteiger partial charge on any atom is -0.491 e. The highest BCUT2D eigenvalue weighted by atomic mass is 16.5. The first-order chi connectivity index (χ1) is 10.3. The van der Waals surface area contributed by atoms with Crippen molar-refractivity contribution in [2.75, 3.05) is 19.7 Å². The van der Waals surface area contributed by atoms with Crippen LogP contribution in [0.25, 0.3) is 0 Å². The van der Waals surface area contributed by atoms with Crippen molar-refractivity contribution in [1.29, 1.82) is 0 Å². The third-order valence-corrected chi connectivity index (χ3v) is 3.99. The van der Waals surface area contributed by atoms with Crippen molar-refractivity contribution >= 4 is 5.91 Å². The minimum absolute atomic E-state index is 0.0828. The van der Waals surface area contributed by atoms with Crippen molar-refractivity contribution in [1.82, 2.24) is 10.6 Å². The zero-order valence-electron chi connectivity index (χ0n) is 12.8. The van der Waals surface area contributed by atoms with Gasteiger partial charge in [0.15, 0.2) is 0 Å². The average molecular weight is 290 g/mol. The highest BCUT2D eigenvalue weighted by Crippen LogP contribution is 2.16. The van der Waals surface area contributed by atoms with Crippen molar-refractivity contribution in [3.8, 4) is 5.75 Å². The molecule has 0 aromatic heterocycles. The summed E-state index contributed by atoms with van der Waals surface area (Å²) in [5, 5.41) is 6.43. The van der Waals surface area contributed by atoms with Crippen LogP contribution >= 0.6 is 0 Å². The Morgan fingerprint density at radius 2 is 2.05 bits per heavy atom. The molecule has 116 valence electrons. The zero-order valence-corrected chi connectivity index (χ0v) is 12.8. The molecule has 1 aliphatic rings. The van der Waals surface area contributed by atoms with E-state index in [0.29, 0.717) is 18.9 Å². The smallest absolute Gasteiger partial charge is 0.220 e. The monoisotopic (exact) mass is 290 g/mol. The first-order valence-electron chi connectivity index (χ1n) is 7.96. The number of nitrogens with one attached hydrogen (secondary N) is 2. The summed E-state index contributed by atoms with van der Waals surface area (Å²) in [6, 6.07) is 9.82. The van der Waals surface area contributed by atoms with Gasteiger partial charge in [0.25, 0.3) is 0 Å². The Hall–Kier alpha value is -1.55. The van der Waals surface area contributed by atoms with Crippen molar-refractivity contribution < 1.29 is 9.53 Å². The van der Waals surface area contributed by atoms with Gasteiger partial charge < -0.3 is 15.4 Å². The molecule has 0 aliphatic carbocycles. The predicted octanol–water partition coefficient (Wildman–Crippen LogP) is 2.35. The Morgan fingerprint density at radius 3 is 2.71 bits per heavy atom. The fourth-order valence-electron chi connectivity index (χ4n) is 2.61. The molecular formula is C17H26N2O2. The van der Waals surface area contributed by atoms with Crippen molar-refractivity contribution in [3.63, 3.8) is 0 Å². The molecule has 1 atom stereocenters. The lowest BCUT2D eigenvalue weighted by Gasteiger charge is -2.23. The second-order valence-corrected chi connectivity index (χ2v) is 5.69. The van der Waals surface area contributed by atoms with Gasteiger partial charge >= 0.3 is 0 Å². The van der Waals surface area contributed by atoms with E-state index >= 15 is 0 Å². The predicted molar refractivity (Wildman–Crippen MR) is 84.4 cm³/mol. The van der Waals surface area contributed by atoms with Crippen molar-refractivity contribution in [2.45, 2.75) is 38.6 Å². The summed E-state index contributed by atoms with van der Waals surface area (Å²) in [4.78, 5) is 12.1. The van der Waals surface area contributed by atoms with E-state index in [9.17, 15) is 4.79 Å². The van der Waals surface area contributed by atoms with Crippen LogP contribution in [-0.2, 0) is 4.79 Å². The van der Waals surface area contributed by atoms with Gasteiger partial charge in [0.2, 0.25) is 5.91 Å². The fourth-order valence-corrected chi connectivity index (χ4v) is 2.61. The Balaban J connectivity index is 1.72. The normalized spacial score (nSPS) is 17.2. The zero-order chi connectivity index (χ0) is 14.9. The summed E-state index contributed by atoms with van der Waals surface area (Å²) in [7, 11) is 0. The molecule has 1 saturated heterocycles. The molecule has 1 aromatic carbocycles. The molecule has 1 amide bonds. The van der Waals surface area contributed by atoms with Gasteiger partial charge in [0.1, 0.15) is 12.4 Å². The van der Waals surface area contributed by atoms with Gasteiger partial charge in [0, 0.05) is 6.42 Å². The molecule has 1 aromatic rings. The Morgan fingerprint density at radius 1 is 1.33 bits per heavy atom. The molecule has 21 heavy (non-hydrogen) atoms. The first kappa shape index (κ1) is 15.8. The molecule has 4 nitrogen and oxygen atoms in total. The third kappa shape index (κ3) is 5.76. The van der Waals surface area contributed by atoms with Crippen LogP contribution in [0, 0.1) is 5.92 Å². The number of amides is 1. The van der Waals surface area contributed by atoms with E-state index in [1.165, 1.54) is 0 Å². The molecule has 0 saturated carbocycles. The van der Waals surface area contributed by atoms with Crippen LogP contribution in [0.5, 0.6) is 5.75 Å². The molecule has 2 N–H and O–H groups in total. The van der Waals surface area contributed by atoms with E-state index in [0.717, 1.165) is 38.1 Å². The number of hydrogen-bond donors (Lipinski definition) is 2. The average Bonchev–Trinajstić information content (AvgIpc) is 2.53. The van der Waals surface area contributed by atoms with Gasteiger partial charge in [-0.3, -0.25) is 4.79 Å². The van der Waals surface area contributed by atoms with Crippen LogP contribution < -0.4 is 15.4 Å². The van der Waals surface area contributed by atoms with Crippen LogP contribution in [0.4, 0.5) is 0 Å². The van der Waals surface area contributed by atoms with Crippen molar-refractivity contribution in [3.05, 3.63) is 30.3 Å². The molecule has 1 heterocycles. The van der Waals surface area contributed by atoms with Crippen molar-refractivity contribution in [2.24, 2.45) is 5.92 Å². The van der Waals surface area contributed by atoms with Gasteiger partial charge in [-0.15, -0.1) is 0 Å². The van der Waals surface area contributed by atoms with Gasteiger partial charge in [-0.05, 0) is 50.4 Å². The van der Waals surface area contributed by atoms with Crippen LogP contribution in [0.15, 0.2) is 30.3 Å². The number of piperidine rings is 1. The number of benzene rings is 1. The number of para-hydroxylation sites is 1. The summed E-state index contributed by atoms with van der Waals surface area (Å²) in [6.45, 7) is 4.67. The van der Waals surface area contributed by atoms with E-state index < -0.39 is 0 Å². The second kappa shape index (κ2) is 8.67. The van der Waals surface area contributed by atoms with Gasteiger partial charge in [0.05, 0.1) is 6.04 Å². The topological polar surface area (TPSA) is 50.4 Å². The van der Waals surface area contributed by atoms with E-state index in [4.69, 9.17) is 4.74 Å². The molecule has 1 fully saturated rings. The molecule has 2 rings (SSSR count). The summed E-state index contributed by atoms with van der Waals surface area (Å²) in [5.74, 6) is 1.53. The second-order valence-electron chi connectivity index (χ2n) is 5.69. The molecule has 0 bridgehead atoms. The number of ether oxygens (including phenoxy) is 1. The van der Waals surface area contributed by atoms with Gasteiger partial charge in [-0.2, -0.15) is 0 Å². The largest absolute Gasteiger partial charge is 0.491 e. The Kier molecular flexibility index (Phi) is 6.54. The maximum absolute atomic E-state index is 12.1. The Labute approximate surface area is 127 Å². The molecule has 4 heteroatoms. The third-order valence-electron chi connectivity index (χ3n) is 3.99. The number of carbonyl (C=O) groups excluding carboxylic acids is 1. The highest BCUT2D eigenvalue weighted by Gasteiger charge is 2.18. The van der Waals surface area contributed by atoms with E-state index in [-0.39, 0.29) is 11.9 Å². The molecular weight excluding hydrogens is 264 g/mol. The summed E-state index contributed by atoms with van der Waals surface area (Å²) in [6.07, 6.45) is 3.73. The molecule has 0 spiro atoms. The SMILES string of the molecule is CC[C@@H](COc1ccccc1)NC(=O)CC1CCNCC1. The minimum atomic E-state index is 0.0828. The number of rotatable bonds is 7. The molecule has 0 unspecified atom stereocenters. The fraction of sp³-hybridized carbons (Fsp3) is 0.588. The molecule has 1 aliphatic heterocycles. The lowest BCUT2D eigenvalue weighted by molar-refractivity contribution is -0.123. The standard InChI is InChI=1S/C17H26N2O2/c1-2-15(13-21-16-6-4-3-5-7-16)19-17(20)12-14-8-10-18-11-9-14/h3-7,14-15,18H,2,8-13H2,1H3,(H,19,20)/t15-/m0/s1. The quantitative estimate of drug-likeness (QED) is 0.810. The van der Waals surface area contributed by atoms with Crippen LogP contribution in [-0.4, -0.2) is 31.6 Å². The van der Waals surface area contributed by atoms with E-state index in [2.05, 4.69) is 17.6 Å². The van der Waals surface area contributed by atoms with Crippen LogP contribution in [0.1, 0.15) is 32.6 Å². The summed E-state index contributed by atoms with van der Waals surface area (Å²) in [5.41, 5.74) is 0. The number of hydrogen-bond acceptors (Lipinski definition) is 3. The van der Waals surface area contributed by atoms with Crippen LogP contribution in [0.3, 0.4) is 0 Å². The van der Waals surface area contributed by atoms with Gasteiger partial charge in [-0.25, -0.2) is 0 Å². The lowest BCUT2D eigenvalue weighted by atomic mass is 9.94. The lowest BCUT2D eigenvalue weighted by Crippen LogP contribution is -2.40.